The fourth-order valence-electron chi connectivity index (χ4n) is 2.53. The third-order valence-corrected chi connectivity index (χ3v) is 5.72. The van der Waals surface area contributed by atoms with Gasteiger partial charge in [0.1, 0.15) is 4.90 Å². The van der Waals surface area contributed by atoms with Gasteiger partial charge in [-0.2, -0.15) is 4.31 Å². The predicted molar refractivity (Wildman–Crippen MR) is 77.1 cm³/mol. The number of sulfonamides is 1. The number of hydrogen-bond donors (Lipinski definition) is 1. The largest absolute Gasteiger partial charge is 0.335 e. The van der Waals surface area contributed by atoms with Crippen molar-refractivity contribution in [3.05, 3.63) is 36.5 Å². The lowest BCUT2D eigenvalue weighted by Crippen LogP contribution is -3.12. The van der Waals surface area contributed by atoms with Gasteiger partial charge < -0.3 is 4.90 Å². The van der Waals surface area contributed by atoms with Crippen molar-refractivity contribution in [2.45, 2.75) is 4.90 Å². The minimum absolute atomic E-state index is 0.315. The Labute approximate surface area is 118 Å². The molecule has 1 aliphatic rings. The van der Waals surface area contributed by atoms with Gasteiger partial charge in [0.2, 0.25) is 10.0 Å². The van der Waals surface area contributed by atoms with Gasteiger partial charge in [0.25, 0.3) is 0 Å². The lowest BCUT2D eigenvalue weighted by atomic mass is 10.2. The van der Waals surface area contributed by atoms with E-state index in [1.807, 2.05) is 18.2 Å². The highest BCUT2D eigenvalue weighted by Crippen LogP contribution is 2.23. The quantitative estimate of drug-likeness (QED) is 0.831. The number of para-hydroxylation sites is 1. The summed E-state index contributed by atoms with van der Waals surface area (Å²) in [5.41, 5.74) is 0.557. The van der Waals surface area contributed by atoms with E-state index in [9.17, 15) is 8.42 Å². The van der Waals surface area contributed by atoms with Crippen LogP contribution in [0.4, 0.5) is 0 Å². The second-order valence-corrected chi connectivity index (χ2v) is 7.10. The van der Waals surface area contributed by atoms with Crippen LogP contribution >= 0.6 is 0 Å². The maximum absolute atomic E-state index is 12.8. The van der Waals surface area contributed by atoms with Gasteiger partial charge in [0.05, 0.1) is 38.7 Å². The fourth-order valence-corrected chi connectivity index (χ4v) is 4.14. The zero-order valence-electron chi connectivity index (χ0n) is 11.4. The molecule has 5 nitrogen and oxygen atoms in total. The van der Waals surface area contributed by atoms with Crippen molar-refractivity contribution < 1.29 is 13.3 Å². The van der Waals surface area contributed by atoms with Crippen LogP contribution in [-0.2, 0) is 10.0 Å². The van der Waals surface area contributed by atoms with Gasteiger partial charge in [-0.05, 0) is 12.1 Å². The first-order valence-corrected chi connectivity index (χ1v) is 8.18. The summed E-state index contributed by atoms with van der Waals surface area (Å²) in [5.74, 6) is 0. The molecule has 0 bridgehead atoms. The molecule has 3 rings (SSSR count). The number of piperazine rings is 1. The van der Waals surface area contributed by atoms with Crippen molar-refractivity contribution in [1.82, 2.24) is 9.29 Å². The lowest BCUT2D eigenvalue weighted by Gasteiger charge is -2.29. The minimum atomic E-state index is -3.45. The Morgan fingerprint density at radius 3 is 2.60 bits per heavy atom. The molecular weight excluding hydrogens is 274 g/mol. The molecule has 0 radical (unpaired) electrons. The first-order valence-electron chi connectivity index (χ1n) is 6.74. The number of quaternary nitrogens is 1. The van der Waals surface area contributed by atoms with E-state index in [0.717, 1.165) is 18.5 Å². The summed E-state index contributed by atoms with van der Waals surface area (Å²) in [6.07, 6.45) is 1.63. The molecule has 2 aromatic rings. The molecule has 0 aliphatic carbocycles. The van der Waals surface area contributed by atoms with E-state index in [2.05, 4.69) is 12.0 Å². The first kappa shape index (κ1) is 13.5. The number of benzene rings is 1. The zero-order chi connectivity index (χ0) is 14.2. The maximum atomic E-state index is 12.8. The van der Waals surface area contributed by atoms with Crippen molar-refractivity contribution >= 4 is 20.9 Å². The highest BCUT2D eigenvalue weighted by atomic mass is 32.2. The average Bonchev–Trinajstić information content (AvgIpc) is 2.47. The molecule has 0 amide bonds. The van der Waals surface area contributed by atoms with E-state index in [1.165, 1.54) is 4.90 Å². The van der Waals surface area contributed by atoms with Crippen molar-refractivity contribution in [2.24, 2.45) is 0 Å². The topological polar surface area (TPSA) is 54.7 Å². The normalized spacial score (nSPS) is 18.4. The van der Waals surface area contributed by atoms with Gasteiger partial charge in [-0.3, -0.25) is 4.98 Å². The number of hydrogen-bond acceptors (Lipinski definition) is 3. The van der Waals surface area contributed by atoms with E-state index in [1.54, 1.807) is 22.6 Å². The van der Waals surface area contributed by atoms with Crippen LogP contribution in [0.5, 0.6) is 0 Å². The highest BCUT2D eigenvalue weighted by molar-refractivity contribution is 7.89. The van der Waals surface area contributed by atoms with Gasteiger partial charge in [-0.15, -0.1) is 0 Å². The van der Waals surface area contributed by atoms with Crippen LogP contribution < -0.4 is 4.90 Å². The summed E-state index contributed by atoms with van der Waals surface area (Å²) in [5, 5.41) is 0.855. The monoisotopic (exact) mass is 292 g/mol. The summed E-state index contributed by atoms with van der Waals surface area (Å²) in [6.45, 7) is 2.82. The van der Waals surface area contributed by atoms with Gasteiger partial charge in [0.15, 0.2) is 0 Å². The molecule has 1 aliphatic heterocycles. The Morgan fingerprint density at radius 2 is 1.85 bits per heavy atom. The molecule has 6 heteroatoms. The SMILES string of the molecule is C[NH+]1CCN(S(=O)(=O)c2cccc3cccnc23)CC1. The summed E-state index contributed by atoms with van der Waals surface area (Å²) < 4.78 is 27.1. The van der Waals surface area contributed by atoms with Crippen molar-refractivity contribution in [2.75, 3.05) is 33.2 Å². The van der Waals surface area contributed by atoms with E-state index in [-0.39, 0.29) is 0 Å². The molecule has 1 saturated heterocycles. The van der Waals surface area contributed by atoms with Gasteiger partial charge in [0, 0.05) is 11.6 Å². The number of nitrogens with zero attached hydrogens (tertiary/aromatic N) is 2. The zero-order valence-corrected chi connectivity index (χ0v) is 12.2. The standard InChI is InChI=1S/C14H17N3O2S/c1-16-8-10-17(11-9-16)20(18,19)13-6-2-4-12-5-3-7-15-14(12)13/h2-7H,8-11H2,1H3/p+1. The van der Waals surface area contributed by atoms with Crippen LogP contribution in [-0.4, -0.2) is 50.9 Å². The molecule has 1 aromatic heterocycles. The molecule has 0 saturated carbocycles. The Hall–Kier alpha value is -1.50. The second-order valence-electron chi connectivity index (χ2n) is 5.19. The van der Waals surface area contributed by atoms with Gasteiger partial charge in [-0.1, -0.05) is 18.2 Å². The molecule has 0 unspecified atom stereocenters. The Balaban J connectivity index is 2.05. The van der Waals surface area contributed by atoms with Crippen molar-refractivity contribution in [1.29, 1.82) is 0 Å². The Bertz CT molecular complexity index is 717. The summed E-state index contributed by atoms with van der Waals surface area (Å²) in [4.78, 5) is 5.93. The Morgan fingerprint density at radius 1 is 1.15 bits per heavy atom. The third kappa shape index (κ3) is 2.30. The molecule has 1 aromatic carbocycles. The minimum Gasteiger partial charge on any atom is -0.335 e. The van der Waals surface area contributed by atoms with Crippen LogP contribution in [0.2, 0.25) is 0 Å². The van der Waals surface area contributed by atoms with E-state index in [0.29, 0.717) is 23.5 Å². The van der Waals surface area contributed by atoms with Crippen LogP contribution in [0.1, 0.15) is 0 Å². The van der Waals surface area contributed by atoms with Gasteiger partial charge >= 0.3 is 0 Å². The number of nitrogens with one attached hydrogen (secondary N) is 1. The van der Waals surface area contributed by atoms with Crippen molar-refractivity contribution in [3.8, 4) is 0 Å². The Kier molecular flexibility index (Phi) is 3.45. The van der Waals surface area contributed by atoms with Crippen LogP contribution in [0, 0.1) is 0 Å². The van der Waals surface area contributed by atoms with Crippen molar-refractivity contribution in [3.63, 3.8) is 0 Å². The molecule has 0 atom stereocenters. The molecule has 106 valence electrons. The molecule has 2 heterocycles. The number of fused-ring (bicyclic) bond motifs is 1. The summed E-state index contributed by atoms with van der Waals surface area (Å²) in [7, 11) is -1.37. The lowest BCUT2D eigenvalue weighted by molar-refractivity contribution is -0.883. The smallest absolute Gasteiger partial charge is 0.245 e. The highest BCUT2D eigenvalue weighted by Gasteiger charge is 2.30. The van der Waals surface area contributed by atoms with Crippen LogP contribution in [0.25, 0.3) is 10.9 Å². The first-order chi connectivity index (χ1) is 9.59. The summed E-state index contributed by atoms with van der Waals surface area (Å²) >= 11 is 0. The van der Waals surface area contributed by atoms with Gasteiger partial charge in [-0.25, -0.2) is 8.42 Å². The molecule has 1 fully saturated rings. The molecule has 1 N–H and O–H groups in total. The van der Waals surface area contributed by atoms with Crippen LogP contribution in [0.15, 0.2) is 41.4 Å². The fraction of sp³-hybridized carbons (Fsp3) is 0.357. The van der Waals surface area contributed by atoms with E-state index >= 15 is 0 Å². The predicted octanol–water partition coefficient (Wildman–Crippen LogP) is -0.246. The molecule has 20 heavy (non-hydrogen) atoms. The number of rotatable bonds is 2. The molecule has 0 spiro atoms. The number of aromatic nitrogens is 1. The number of likely N-dealkylation sites (N-methyl/N-ethyl adjacent to an activating group) is 1. The maximum Gasteiger partial charge on any atom is 0.245 e. The number of pyridine rings is 1. The molecular formula is C14H18N3O2S+. The third-order valence-electron chi connectivity index (χ3n) is 3.79. The second kappa shape index (κ2) is 5.12. The van der Waals surface area contributed by atoms with E-state index < -0.39 is 10.0 Å². The average molecular weight is 292 g/mol. The van der Waals surface area contributed by atoms with Crippen LogP contribution in [0.3, 0.4) is 0 Å². The van der Waals surface area contributed by atoms with E-state index in [4.69, 9.17) is 0 Å². The summed E-state index contributed by atoms with van der Waals surface area (Å²) in [6, 6.07) is 9.01.